The van der Waals surface area contributed by atoms with E-state index in [1.807, 2.05) is 0 Å². The zero-order chi connectivity index (χ0) is 21.0. The van der Waals surface area contributed by atoms with E-state index in [1.54, 1.807) is 0 Å². The number of hydrogen-bond acceptors (Lipinski definition) is 6. The van der Waals surface area contributed by atoms with Crippen molar-refractivity contribution < 1.29 is 13.3 Å². The highest BCUT2D eigenvalue weighted by molar-refractivity contribution is 7.91. The van der Waals surface area contributed by atoms with Crippen molar-refractivity contribution >= 4 is 15.5 Å². The molecular weight excluding hydrogens is 390 g/mol. The second-order valence-corrected chi connectivity index (χ2v) is 11.0. The van der Waals surface area contributed by atoms with Gasteiger partial charge in [0.15, 0.2) is 9.84 Å². The van der Waals surface area contributed by atoms with E-state index in [1.165, 1.54) is 43.5 Å². The lowest BCUT2D eigenvalue weighted by atomic mass is 9.97. The summed E-state index contributed by atoms with van der Waals surface area (Å²) in [7, 11) is -3.52. The number of non-ortho nitro benzene ring substituents is 1. The first kappa shape index (κ1) is 22.2. The van der Waals surface area contributed by atoms with Gasteiger partial charge in [0.25, 0.3) is 5.69 Å². The Morgan fingerprint density at radius 2 is 1.69 bits per heavy atom. The Hall–Kier alpha value is -1.51. The summed E-state index contributed by atoms with van der Waals surface area (Å²) in [6.07, 6.45) is 4.70. The normalized spacial score (nSPS) is 25.6. The average Bonchev–Trinajstić information content (AvgIpc) is 2.67. The van der Waals surface area contributed by atoms with Gasteiger partial charge in [0.05, 0.1) is 15.6 Å². The molecule has 162 valence electrons. The number of nitrogens with zero attached hydrogens (tertiary/aromatic N) is 3. The van der Waals surface area contributed by atoms with E-state index in [4.69, 9.17) is 0 Å². The van der Waals surface area contributed by atoms with Crippen molar-refractivity contribution in [2.75, 3.05) is 38.5 Å². The molecule has 0 radical (unpaired) electrons. The van der Waals surface area contributed by atoms with Crippen LogP contribution in [0.4, 0.5) is 5.69 Å². The van der Waals surface area contributed by atoms with Gasteiger partial charge < -0.3 is 4.90 Å². The van der Waals surface area contributed by atoms with Crippen LogP contribution in [-0.2, 0) is 9.84 Å². The van der Waals surface area contributed by atoms with E-state index >= 15 is 0 Å². The Bertz CT molecular complexity index is 797. The van der Waals surface area contributed by atoms with E-state index < -0.39 is 14.8 Å². The van der Waals surface area contributed by atoms with Crippen molar-refractivity contribution in [3.8, 4) is 0 Å². The molecule has 0 bridgehead atoms. The number of likely N-dealkylation sites (tertiary alicyclic amines) is 2. The summed E-state index contributed by atoms with van der Waals surface area (Å²) in [5.41, 5.74) is -0.0901. The van der Waals surface area contributed by atoms with Crippen LogP contribution in [0.15, 0.2) is 29.2 Å². The van der Waals surface area contributed by atoms with Gasteiger partial charge in [-0.25, -0.2) is 8.42 Å². The number of piperidine rings is 2. The molecule has 0 amide bonds. The predicted octanol–water partition coefficient (Wildman–Crippen LogP) is 3.20. The SMILES string of the molecule is CC1CCCN(CC(CS(=O)(=O)c2ccc([N+](=O)[O-])cc2)N2CCCC(C)C2)C1. The third-order valence-corrected chi connectivity index (χ3v) is 8.05. The molecule has 0 aliphatic carbocycles. The van der Waals surface area contributed by atoms with Gasteiger partial charge >= 0.3 is 0 Å². The van der Waals surface area contributed by atoms with Crippen LogP contribution >= 0.6 is 0 Å². The van der Waals surface area contributed by atoms with Crippen molar-refractivity contribution in [3.63, 3.8) is 0 Å². The van der Waals surface area contributed by atoms with Crippen molar-refractivity contribution in [1.29, 1.82) is 0 Å². The third-order valence-electron chi connectivity index (χ3n) is 6.23. The molecule has 3 rings (SSSR count). The van der Waals surface area contributed by atoms with E-state index in [0.717, 1.165) is 39.1 Å². The van der Waals surface area contributed by atoms with Crippen LogP contribution in [0.1, 0.15) is 39.5 Å². The minimum Gasteiger partial charge on any atom is -0.301 e. The lowest BCUT2D eigenvalue weighted by Crippen LogP contribution is -2.52. The zero-order valence-electron chi connectivity index (χ0n) is 17.5. The molecule has 2 saturated heterocycles. The molecule has 0 N–H and O–H groups in total. The second-order valence-electron chi connectivity index (χ2n) is 8.94. The van der Waals surface area contributed by atoms with Crippen LogP contribution < -0.4 is 0 Å². The van der Waals surface area contributed by atoms with Crippen LogP contribution in [0.5, 0.6) is 0 Å². The smallest absolute Gasteiger partial charge is 0.269 e. The molecule has 3 atom stereocenters. The summed E-state index contributed by atoms with van der Waals surface area (Å²) >= 11 is 0. The Balaban J connectivity index is 1.77. The number of nitro benzene ring substituents is 1. The number of sulfone groups is 1. The second kappa shape index (κ2) is 9.53. The maximum absolute atomic E-state index is 13.1. The predicted molar refractivity (Wildman–Crippen MR) is 114 cm³/mol. The van der Waals surface area contributed by atoms with Crippen molar-refractivity contribution in [2.45, 2.75) is 50.5 Å². The molecule has 8 heteroatoms. The highest BCUT2D eigenvalue weighted by Crippen LogP contribution is 2.24. The fourth-order valence-electron chi connectivity index (χ4n) is 4.71. The monoisotopic (exact) mass is 423 g/mol. The van der Waals surface area contributed by atoms with Gasteiger partial charge in [-0.15, -0.1) is 0 Å². The maximum Gasteiger partial charge on any atom is 0.269 e. The molecule has 2 aliphatic heterocycles. The summed E-state index contributed by atoms with van der Waals surface area (Å²) in [6.45, 7) is 9.19. The molecule has 1 aromatic rings. The highest BCUT2D eigenvalue weighted by Gasteiger charge is 2.31. The van der Waals surface area contributed by atoms with Crippen LogP contribution in [0, 0.1) is 22.0 Å². The standard InChI is InChI=1S/C21H33N3O4S/c1-17-5-3-11-22(13-17)15-20(23-12-4-6-18(2)14-23)16-29(27,28)21-9-7-19(8-10-21)24(25)26/h7-10,17-18,20H,3-6,11-16H2,1-2H3. The molecule has 29 heavy (non-hydrogen) atoms. The molecule has 2 heterocycles. The van der Waals surface area contributed by atoms with Gasteiger partial charge in [0.1, 0.15) is 0 Å². The zero-order valence-corrected chi connectivity index (χ0v) is 18.3. The topological polar surface area (TPSA) is 83.8 Å². The van der Waals surface area contributed by atoms with Gasteiger partial charge in [-0.2, -0.15) is 0 Å². The summed E-state index contributed by atoms with van der Waals surface area (Å²) in [4.78, 5) is 15.3. The Kier molecular flexibility index (Phi) is 7.29. The van der Waals surface area contributed by atoms with Crippen LogP contribution in [0.2, 0.25) is 0 Å². The average molecular weight is 424 g/mol. The number of hydrogen-bond donors (Lipinski definition) is 0. The Morgan fingerprint density at radius 3 is 2.28 bits per heavy atom. The highest BCUT2D eigenvalue weighted by atomic mass is 32.2. The molecule has 1 aromatic carbocycles. The lowest BCUT2D eigenvalue weighted by Gasteiger charge is -2.41. The van der Waals surface area contributed by atoms with Gasteiger partial charge in [-0.1, -0.05) is 13.8 Å². The Morgan fingerprint density at radius 1 is 1.07 bits per heavy atom. The molecular formula is C21H33N3O4S. The van der Waals surface area contributed by atoms with E-state index in [9.17, 15) is 18.5 Å². The maximum atomic E-state index is 13.1. The summed E-state index contributed by atoms with van der Waals surface area (Å²) in [5, 5.41) is 10.9. The first-order chi connectivity index (χ1) is 13.7. The molecule has 0 spiro atoms. The summed E-state index contributed by atoms with van der Waals surface area (Å²) in [6, 6.07) is 5.23. The first-order valence-electron chi connectivity index (χ1n) is 10.7. The molecule has 3 unspecified atom stereocenters. The minimum absolute atomic E-state index is 0.0526. The number of nitro groups is 1. The number of rotatable bonds is 7. The third kappa shape index (κ3) is 5.99. The molecule has 0 aromatic heterocycles. The summed E-state index contributed by atoms with van der Waals surface area (Å²) < 4.78 is 26.3. The molecule has 2 aliphatic rings. The molecule has 0 saturated carbocycles. The molecule has 7 nitrogen and oxygen atoms in total. The van der Waals surface area contributed by atoms with Crippen LogP contribution in [-0.4, -0.2) is 67.7 Å². The fourth-order valence-corrected chi connectivity index (χ4v) is 6.27. The fraction of sp³-hybridized carbons (Fsp3) is 0.714. The Labute approximate surface area is 174 Å². The van der Waals surface area contributed by atoms with E-state index in [-0.39, 0.29) is 22.4 Å². The van der Waals surface area contributed by atoms with Gasteiger partial charge in [-0.3, -0.25) is 15.0 Å². The lowest BCUT2D eigenvalue weighted by molar-refractivity contribution is -0.384. The minimum atomic E-state index is -3.52. The largest absolute Gasteiger partial charge is 0.301 e. The van der Waals surface area contributed by atoms with Crippen LogP contribution in [0.25, 0.3) is 0 Å². The van der Waals surface area contributed by atoms with Crippen LogP contribution in [0.3, 0.4) is 0 Å². The molecule has 2 fully saturated rings. The summed E-state index contributed by atoms with van der Waals surface area (Å²) in [5.74, 6) is 1.28. The van der Waals surface area contributed by atoms with Crippen molar-refractivity contribution in [3.05, 3.63) is 34.4 Å². The van der Waals surface area contributed by atoms with E-state index in [2.05, 4.69) is 23.6 Å². The van der Waals surface area contributed by atoms with Gasteiger partial charge in [0.2, 0.25) is 0 Å². The van der Waals surface area contributed by atoms with E-state index in [0.29, 0.717) is 11.8 Å². The van der Waals surface area contributed by atoms with Gasteiger partial charge in [-0.05, 0) is 62.7 Å². The van der Waals surface area contributed by atoms with Crippen molar-refractivity contribution in [1.82, 2.24) is 9.80 Å². The first-order valence-corrected chi connectivity index (χ1v) is 12.3. The quantitative estimate of drug-likeness (QED) is 0.495. The van der Waals surface area contributed by atoms with Gasteiger partial charge in [0, 0.05) is 37.8 Å². The number of benzene rings is 1. The van der Waals surface area contributed by atoms with Crippen molar-refractivity contribution in [2.24, 2.45) is 11.8 Å².